The van der Waals surface area contributed by atoms with Crippen LogP contribution >= 0.6 is 11.3 Å². The monoisotopic (exact) mass is 270 g/mol. The predicted octanol–water partition coefficient (Wildman–Crippen LogP) is 1.94. The third-order valence-electron chi connectivity index (χ3n) is 2.77. The molecule has 0 aliphatic rings. The number of carboxylic acid groups (broad SMARTS) is 1. The molecule has 0 spiro atoms. The number of thiazole rings is 1. The van der Waals surface area contributed by atoms with Crippen LogP contribution in [0, 0.1) is 5.92 Å². The van der Waals surface area contributed by atoms with Gasteiger partial charge in [0.15, 0.2) is 5.69 Å². The molecule has 0 unspecified atom stereocenters. The van der Waals surface area contributed by atoms with Gasteiger partial charge in [-0.15, -0.1) is 11.3 Å². The molecule has 0 aliphatic carbocycles. The molecule has 1 rings (SSSR count). The first kappa shape index (κ1) is 14.6. The molecule has 0 saturated heterocycles. The first-order chi connectivity index (χ1) is 8.58. The maximum Gasteiger partial charge on any atom is 0.355 e. The van der Waals surface area contributed by atoms with Crippen molar-refractivity contribution in [1.82, 2.24) is 10.3 Å². The zero-order valence-electron chi connectivity index (χ0n) is 10.6. The fourth-order valence-electron chi connectivity index (χ4n) is 1.62. The van der Waals surface area contributed by atoms with Crippen LogP contribution in [-0.2, 0) is 11.2 Å². The molecule has 5 nitrogen and oxygen atoms in total. The Morgan fingerprint density at radius 3 is 2.61 bits per heavy atom. The first-order valence-corrected chi connectivity index (χ1v) is 6.91. The lowest BCUT2D eigenvalue weighted by atomic mass is 10.0. The van der Waals surface area contributed by atoms with Crippen LogP contribution in [0.15, 0.2) is 5.38 Å². The molecule has 0 fully saturated rings. The quantitative estimate of drug-likeness (QED) is 0.793. The average molecular weight is 270 g/mol. The Balaban J connectivity index is 2.37. The van der Waals surface area contributed by atoms with Crippen LogP contribution < -0.4 is 5.32 Å². The SMILES string of the molecule is CCC(CC)C(=O)NCCc1nc(C(=O)O)cs1. The van der Waals surface area contributed by atoms with E-state index in [-0.39, 0.29) is 17.5 Å². The first-order valence-electron chi connectivity index (χ1n) is 6.03. The summed E-state index contributed by atoms with van der Waals surface area (Å²) in [6.07, 6.45) is 2.25. The Bertz CT molecular complexity index is 413. The number of carboxylic acids is 1. The fourth-order valence-corrected chi connectivity index (χ4v) is 2.39. The summed E-state index contributed by atoms with van der Waals surface area (Å²) in [6.45, 7) is 4.49. The van der Waals surface area contributed by atoms with Crippen molar-refractivity contribution >= 4 is 23.2 Å². The van der Waals surface area contributed by atoms with Crippen molar-refractivity contribution in [2.45, 2.75) is 33.1 Å². The zero-order chi connectivity index (χ0) is 13.5. The number of amides is 1. The molecule has 0 atom stereocenters. The smallest absolute Gasteiger partial charge is 0.355 e. The molecule has 6 heteroatoms. The minimum Gasteiger partial charge on any atom is -0.476 e. The summed E-state index contributed by atoms with van der Waals surface area (Å²) in [5, 5.41) is 13.8. The van der Waals surface area contributed by atoms with Gasteiger partial charge in [0, 0.05) is 24.3 Å². The van der Waals surface area contributed by atoms with E-state index in [0.717, 1.165) is 17.8 Å². The molecule has 1 heterocycles. The van der Waals surface area contributed by atoms with Gasteiger partial charge in [0.05, 0.1) is 5.01 Å². The van der Waals surface area contributed by atoms with E-state index >= 15 is 0 Å². The molecular weight excluding hydrogens is 252 g/mol. The highest BCUT2D eigenvalue weighted by molar-refractivity contribution is 7.09. The van der Waals surface area contributed by atoms with Gasteiger partial charge in [-0.25, -0.2) is 9.78 Å². The van der Waals surface area contributed by atoms with Crippen LogP contribution in [0.3, 0.4) is 0 Å². The Hall–Kier alpha value is -1.43. The van der Waals surface area contributed by atoms with Gasteiger partial charge in [-0.05, 0) is 12.8 Å². The number of hydrogen-bond donors (Lipinski definition) is 2. The van der Waals surface area contributed by atoms with E-state index in [2.05, 4.69) is 10.3 Å². The standard InChI is InChI=1S/C12H18N2O3S/c1-3-8(4-2)11(15)13-6-5-10-14-9(7-18-10)12(16)17/h7-8H,3-6H2,1-2H3,(H,13,15)(H,16,17). The van der Waals surface area contributed by atoms with Crippen molar-refractivity contribution in [2.24, 2.45) is 5.92 Å². The summed E-state index contributed by atoms with van der Waals surface area (Å²) in [5.74, 6) is -0.885. The largest absolute Gasteiger partial charge is 0.476 e. The zero-order valence-corrected chi connectivity index (χ0v) is 11.4. The summed E-state index contributed by atoms with van der Waals surface area (Å²) in [4.78, 5) is 26.3. The van der Waals surface area contributed by atoms with Crippen molar-refractivity contribution in [3.05, 3.63) is 16.1 Å². The van der Waals surface area contributed by atoms with Crippen molar-refractivity contribution in [3.63, 3.8) is 0 Å². The summed E-state index contributed by atoms with van der Waals surface area (Å²) in [7, 11) is 0. The molecular formula is C12H18N2O3S. The second-order valence-corrected chi connectivity index (χ2v) is 4.93. The lowest BCUT2D eigenvalue weighted by Gasteiger charge is -2.11. The molecule has 18 heavy (non-hydrogen) atoms. The van der Waals surface area contributed by atoms with E-state index in [1.165, 1.54) is 16.7 Å². The molecule has 0 aliphatic heterocycles. The number of nitrogens with one attached hydrogen (secondary N) is 1. The van der Waals surface area contributed by atoms with Gasteiger partial charge >= 0.3 is 5.97 Å². The Labute approximate surface area is 110 Å². The Kier molecular flexibility index (Phi) is 5.77. The van der Waals surface area contributed by atoms with Gasteiger partial charge in [-0.2, -0.15) is 0 Å². The van der Waals surface area contributed by atoms with Crippen LogP contribution in [0.4, 0.5) is 0 Å². The molecule has 1 aromatic rings. The maximum atomic E-state index is 11.7. The van der Waals surface area contributed by atoms with Crippen LogP contribution in [0.2, 0.25) is 0 Å². The van der Waals surface area contributed by atoms with Gasteiger partial charge in [0.2, 0.25) is 5.91 Å². The van der Waals surface area contributed by atoms with Gasteiger partial charge < -0.3 is 10.4 Å². The molecule has 0 saturated carbocycles. The van der Waals surface area contributed by atoms with Crippen LogP contribution in [0.1, 0.15) is 42.2 Å². The van der Waals surface area contributed by atoms with Gasteiger partial charge in [0.1, 0.15) is 0 Å². The fraction of sp³-hybridized carbons (Fsp3) is 0.583. The van der Waals surface area contributed by atoms with Crippen molar-refractivity contribution < 1.29 is 14.7 Å². The number of carbonyl (C=O) groups is 2. The van der Waals surface area contributed by atoms with Crippen molar-refractivity contribution in [3.8, 4) is 0 Å². The molecule has 2 N–H and O–H groups in total. The van der Waals surface area contributed by atoms with Crippen LogP contribution in [-0.4, -0.2) is 28.5 Å². The molecule has 1 amide bonds. The lowest BCUT2D eigenvalue weighted by molar-refractivity contribution is -0.125. The Morgan fingerprint density at radius 1 is 1.44 bits per heavy atom. The topological polar surface area (TPSA) is 79.3 Å². The Morgan fingerprint density at radius 2 is 2.11 bits per heavy atom. The summed E-state index contributed by atoms with van der Waals surface area (Å²) in [6, 6.07) is 0. The van der Waals surface area contributed by atoms with E-state index in [0.29, 0.717) is 13.0 Å². The predicted molar refractivity (Wildman–Crippen MR) is 69.9 cm³/mol. The highest BCUT2D eigenvalue weighted by atomic mass is 32.1. The number of rotatable bonds is 7. The van der Waals surface area contributed by atoms with E-state index < -0.39 is 5.97 Å². The van der Waals surface area contributed by atoms with E-state index in [1.54, 1.807) is 0 Å². The highest BCUT2D eigenvalue weighted by Crippen LogP contribution is 2.10. The van der Waals surface area contributed by atoms with E-state index in [4.69, 9.17) is 5.11 Å². The number of hydrogen-bond acceptors (Lipinski definition) is 4. The highest BCUT2D eigenvalue weighted by Gasteiger charge is 2.13. The number of carbonyl (C=O) groups excluding carboxylic acids is 1. The van der Waals surface area contributed by atoms with E-state index in [1.807, 2.05) is 13.8 Å². The minimum atomic E-state index is -1.02. The lowest BCUT2D eigenvalue weighted by Crippen LogP contribution is -2.31. The van der Waals surface area contributed by atoms with E-state index in [9.17, 15) is 9.59 Å². The van der Waals surface area contributed by atoms with Gasteiger partial charge in [0.25, 0.3) is 0 Å². The normalized spacial score (nSPS) is 10.6. The van der Waals surface area contributed by atoms with Crippen molar-refractivity contribution in [1.29, 1.82) is 0 Å². The number of aromatic nitrogens is 1. The molecule has 0 radical (unpaired) electrons. The third-order valence-corrected chi connectivity index (χ3v) is 3.67. The molecule has 0 bridgehead atoms. The van der Waals surface area contributed by atoms with Gasteiger partial charge in [-0.3, -0.25) is 4.79 Å². The second kappa shape index (κ2) is 7.10. The summed E-state index contributed by atoms with van der Waals surface area (Å²) >= 11 is 1.31. The van der Waals surface area contributed by atoms with Crippen LogP contribution in [0.5, 0.6) is 0 Å². The second-order valence-electron chi connectivity index (χ2n) is 3.99. The minimum absolute atomic E-state index is 0.0648. The summed E-state index contributed by atoms with van der Waals surface area (Å²) < 4.78 is 0. The number of aromatic carboxylic acids is 1. The van der Waals surface area contributed by atoms with Crippen LogP contribution in [0.25, 0.3) is 0 Å². The molecule has 100 valence electrons. The maximum absolute atomic E-state index is 11.7. The van der Waals surface area contributed by atoms with Gasteiger partial charge in [-0.1, -0.05) is 13.8 Å². The summed E-state index contributed by atoms with van der Waals surface area (Å²) in [5.41, 5.74) is 0.0707. The molecule has 0 aromatic carbocycles. The average Bonchev–Trinajstić information content (AvgIpc) is 2.79. The van der Waals surface area contributed by atoms with Crippen molar-refractivity contribution in [2.75, 3.05) is 6.54 Å². The molecule has 1 aromatic heterocycles. The third kappa shape index (κ3) is 4.10. The number of nitrogens with zero attached hydrogens (tertiary/aromatic N) is 1.